The minimum absolute atomic E-state index is 0.158. The molecule has 0 saturated carbocycles. The van der Waals surface area contributed by atoms with Crippen molar-refractivity contribution in [2.75, 3.05) is 4.90 Å². The van der Waals surface area contributed by atoms with Crippen LogP contribution >= 0.6 is 11.8 Å². The van der Waals surface area contributed by atoms with Crippen LogP contribution in [0.25, 0.3) is 0 Å². The van der Waals surface area contributed by atoms with E-state index in [1.807, 2.05) is 42.5 Å². The molecule has 0 radical (unpaired) electrons. The molecule has 84 valence electrons. The summed E-state index contributed by atoms with van der Waals surface area (Å²) in [5, 5.41) is -0.158. The molecule has 3 rings (SSSR count). The zero-order chi connectivity index (χ0) is 11.7. The Labute approximate surface area is 104 Å². The molecule has 0 aromatic heterocycles. The second-order valence-corrected chi connectivity index (χ2v) is 4.98. The highest BCUT2D eigenvalue weighted by Gasteiger charge is 2.30. The Bertz CT molecular complexity index is 541. The maximum absolute atomic E-state index is 11.2. The molecular formula is C14H11NOS. The quantitative estimate of drug-likeness (QED) is 0.751. The third kappa shape index (κ3) is 1.72. The molecule has 0 N–H and O–H groups in total. The van der Waals surface area contributed by atoms with Crippen molar-refractivity contribution in [3.05, 3.63) is 54.6 Å². The van der Waals surface area contributed by atoms with Crippen LogP contribution in [-0.2, 0) is 4.79 Å². The van der Waals surface area contributed by atoms with E-state index in [1.54, 1.807) is 11.8 Å². The first-order valence-corrected chi connectivity index (χ1v) is 6.33. The Morgan fingerprint density at radius 2 is 1.71 bits per heavy atom. The van der Waals surface area contributed by atoms with Crippen LogP contribution in [0.3, 0.4) is 0 Å². The average Bonchev–Trinajstić information content (AvgIpc) is 2.78. The average molecular weight is 241 g/mol. The molecule has 0 fully saturated rings. The molecule has 0 aliphatic carbocycles. The lowest BCUT2D eigenvalue weighted by atomic mass is 10.2. The highest BCUT2D eigenvalue weighted by atomic mass is 32.2. The summed E-state index contributed by atoms with van der Waals surface area (Å²) < 4.78 is 0. The molecule has 1 aliphatic rings. The van der Waals surface area contributed by atoms with E-state index in [0.29, 0.717) is 0 Å². The number of hydrogen-bond donors (Lipinski definition) is 0. The van der Waals surface area contributed by atoms with E-state index in [-0.39, 0.29) is 5.37 Å². The topological polar surface area (TPSA) is 20.3 Å². The van der Waals surface area contributed by atoms with Crippen molar-refractivity contribution in [2.24, 2.45) is 0 Å². The highest BCUT2D eigenvalue weighted by Crippen LogP contribution is 2.46. The van der Waals surface area contributed by atoms with E-state index in [1.165, 1.54) is 0 Å². The highest BCUT2D eigenvalue weighted by molar-refractivity contribution is 8.01. The van der Waals surface area contributed by atoms with Crippen molar-refractivity contribution >= 4 is 29.4 Å². The van der Waals surface area contributed by atoms with Gasteiger partial charge in [-0.05, 0) is 24.3 Å². The standard InChI is InChI=1S/C14H11NOS/c16-10-14-15(11-6-2-1-3-7-11)12-8-4-5-9-13(12)17-14/h1-10,14H. The fourth-order valence-corrected chi connectivity index (χ4v) is 3.14. The van der Waals surface area contributed by atoms with Gasteiger partial charge in [0.15, 0.2) is 6.29 Å². The van der Waals surface area contributed by atoms with Crippen molar-refractivity contribution in [3.8, 4) is 0 Å². The third-order valence-corrected chi connectivity index (χ3v) is 3.94. The van der Waals surface area contributed by atoms with E-state index in [9.17, 15) is 4.79 Å². The molecule has 0 bridgehead atoms. The first kappa shape index (κ1) is 10.4. The summed E-state index contributed by atoms with van der Waals surface area (Å²) in [5.41, 5.74) is 2.17. The van der Waals surface area contributed by atoms with Gasteiger partial charge in [0.1, 0.15) is 5.37 Å². The monoisotopic (exact) mass is 241 g/mol. The molecule has 1 aliphatic heterocycles. The van der Waals surface area contributed by atoms with Gasteiger partial charge in [-0.3, -0.25) is 0 Å². The number of fused-ring (bicyclic) bond motifs is 1. The summed E-state index contributed by atoms with van der Waals surface area (Å²) >= 11 is 1.60. The first-order valence-electron chi connectivity index (χ1n) is 5.45. The largest absolute Gasteiger partial charge is 0.321 e. The molecule has 0 amide bonds. The third-order valence-electron chi connectivity index (χ3n) is 2.78. The Hall–Kier alpha value is -1.74. The minimum atomic E-state index is -0.158. The van der Waals surface area contributed by atoms with Gasteiger partial charge in [0.25, 0.3) is 0 Å². The predicted octanol–water partition coefficient (Wildman–Crippen LogP) is 3.46. The summed E-state index contributed by atoms with van der Waals surface area (Å²) in [7, 11) is 0. The lowest BCUT2D eigenvalue weighted by Gasteiger charge is -2.22. The van der Waals surface area contributed by atoms with Gasteiger partial charge in [0.2, 0.25) is 0 Å². The van der Waals surface area contributed by atoms with E-state index in [0.717, 1.165) is 22.6 Å². The lowest BCUT2D eigenvalue weighted by molar-refractivity contribution is -0.107. The molecule has 1 heterocycles. The van der Waals surface area contributed by atoms with Crippen molar-refractivity contribution in [1.29, 1.82) is 0 Å². The van der Waals surface area contributed by atoms with Crippen molar-refractivity contribution in [3.63, 3.8) is 0 Å². The predicted molar refractivity (Wildman–Crippen MR) is 70.7 cm³/mol. The molecule has 17 heavy (non-hydrogen) atoms. The van der Waals surface area contributed by atoms with Gasteiger partial charge in [-0.1, -0.05) is 42.1 Å². The summed E-state index contributed by atoms with van der Waals surface area (Å²) in [4.78, 5) is 14.4. The van der Waals surface area contributed by atoms with Crippen LogP contribution in [0.4, 0.5) is 11.4 Å². The van der Waals surface area contributed by atoms with Crippen LogP contribution in [0.1, 0.15) is 0 Å². The molecule has 2 aromatic carbocycles. The molecule has 3 heteroatoms. The summed E-state index contributed by atoms with van der Waals surface area (Å²) in [6.45, 7) is 0. The van der Waals surface area contributed by atoms with E-state index in [4.69, 9.17) is 0 Å². The zero-order valence-electron chi connectivity index (χ0n) is 9.11. The van der Waals surface area contributed by atoms with Crippen LogP contribution in [-0.4, -0.2) is 11.7 Å². The van der Waals surface area contributed by atoms with E-state index in [2.05, 4.69) is 17.0 Å². The van der Waals surface area contributed by atoms with Crippen molar-refractivity contribution in [1.82, 2.24) is 0 Å². The van der Waals surface area contributed by atoms with E-state index >= 15 is 0 Å². The molecular weight excluding hydrogens is 230 g/mol. The number of thioether (sulfide) groups is 1. The number of nitrogens with zero attached hydrogens (tertiary/aromatic N) is 1. The van der Waals surface area contributed by atoms with Crippen LogP contribution in [0.5, 0.6) is 0 Å². The van der Waals surface area contributed by atoms with Gasteiger partial charge < -0.3 is 9.69 Å². The van der Waals surface area contributed by atoms with Gasteiger partial charge in [-0.2, -0.15) is 0 Å². The van der Waals surface area contributed by atoms with Crippen molar-refractivity contribution < 1.29 is 4.79 Å². The SMILES string of the molecule is O=CC1Sc2ccccc2N1c1ccccc1. The fourth-order valence-electron chi connectivity index (χ4n) is 2.04. The molecule has 1 unspecified atom stereocenters. The number of rotatable bonds is 2. The summed E-state index contributed by atoms with van der Waals surface area (Å²) in [6, 6.07) is 18.1. The number of anilines is 2. The van der Waals surface area contributed by atoms with Crippen molar-refractivity contribution in [2.45, 2.75) is 10.3 Å². The molecule has 2 nitrogen and oxygen atoms in total. The number of carbonyl (C=O) groups is 1. The second kappa shape index (κ2) is 4.26. The molecule has 1 atom stereocenters. The maximum Gasteiger partial charge on any atom is 0.153 e. The Morgan fingerprint density at radius 3 is 2.47 bits per heavy atom. The first-order chi connectivity index (χ1) is 8.40. The molecule has 2 aromatic rings. The van der Waals surface area contributed by atoms with Crippen LogP contribution in [0.15, 0.2) is 59.5 Å². The van der Waals surface area contributed by atoms with Gasteiger partial charge in [0.05, 0.1) is 5.69 Å². The van der Waals surface area contributed by atoms with Crippen LogP contribution < -0.4 is 4.90 Å². The molecule has 0 spiro atoms. The summed E-state index contributed by atoms with van der Waals surface area (Å²) in [6.07, 6.45) is 0.998. The van der Waals surface area contributed by atoms with Gasteiger partial charge in [-0.25, -0.2) is 0 Å². The second-order valence-electron chi connectivity index (χ2n) is 3.82. The number of carbonyl (C=O) groups excluding carboxylic acids is 1. The number of aldehydes is 1. The fraction of sp³-hybridized carbons (Fsp3) is 0.0714. The number of hydrogen-bond acceptors (Lipinski definition) is 3. The van der Waals surface area contributed by atoms with Gasteiger partial charge >= 0.3 is 0 Å². The van der Waals surface area contributed by atoms with Gasteiger partial charge in [-0.15, -0.1) is 0 Å². The number of para-hydroxylation sites is 2. The normalized spacial score (nSPS) is 17.9. The smallest absolute Gasteiger partial charge is 0.153 e. The number of benzene rings is 2. The van der Waals surface area contributed by atoms with Crippen LogP contribution in [0.2, 0.25) is 0 Å². The van der Waals surface area contributed by atoms with E-state index < -0.39 is 0 Å². The zero-order valence-corrected chi connectivity index (χ0v) is 9.93. The van der Waals surface area contributed by atoms with Crippen LogP contribution in [0, 0.1) is 0 Å². The Balaban J connectivity index is 2.11. The minimum Gasteiger partial charge on any atom is -0.321 e. The summed E-state index contributed by atoms with van der Waals surface area (Å²) in [5.74, 6) is 0. The Kier molecular flexibility index (Phi) is 2.61. The van der Waals surface area contributed by atoms with Gasteiger partial charge in [0, 0.05) is 10.6 Å². The Morgan fingerprint density at radius 1 is 1.00 bits per heavy atom. The molecule has 0 saturated heterocycles. The maximum atomic E-state index is 11.2. The lowest BCUT2D eigenvalue weighted by Crippen LogP contribution is -2.25.